The minimum atomic E-state index is -3.11. The Hall–Kier alpha value is -1.84. The van der Waals surface area contributed by atoms with Crippen molar-refractivity contribution in [3.05, 3.63) is 35.9 Å². The number of piperidine rings is 1. The molecule has 2 heterocycles. The number of carbonyl (C=O) groups is 1. The second-order valence-corrected chi connectivity index (χ2v) is 8.59. The number of nitrogens with zero attached hydrogens (tertiary/aromatic N) is 1. The first kappa shape index (κ1) is 17.0. The summed E-state index contributed by atoms with van der Waals surface area (Å²) in [5.74, 6) is 5.09. The molecule has 1 N–H and O–H groups in total. The van der Waals surface area contributed by atoms with Gasteiger partial charge >= 0.3 is 0 Å². The van der Waals surface area contributed by atoms with Crippen molar-refractivity contribution in [2.45, 2.75) is 31.3 Å². The van der Waals surface area contributed by atoms with E-state index in [9.17, 15) is 13.2 Å². The summed E-state index contributed by atoms with van der Waals surface area (Å²) in [6.07, 6.45) is 3.37. The third kappa shape index (κ3) is 4.37. The molecule has 6 heteroatoms. The fourth-order valence-electron chi connectivity index (χ4n) is 3.43. The van der Waals surface area contributed by atoms with Crippen molar-refractivity contribution in [2.24, 2.45) is 0 Å². The first-order valence-corrected chi connectivity index (χ1v) is 10.2. The summed E-state index contributed by atoms with van der Waals surface area (Å²) < 4.78 is 24.1. The predicted octanol–water partition coefficient (Wildman–Crippen LogP) is 0.806. The molecule has 1 aromatic carbocycles. The molecule has 2 saturated heterocycles. The average molecular weight is 346 g/mol. The largest absolute Gasteiger partial charge is 0.340 e. The van der Waals surface area contributed by atoms with Crippen molar-refractivity contribution in [1.82, 2.24) is 10.2 Å². The zero-order chi connectivity index (χ0) is 17.0. The van der Waals surface area contributed by atoms with Crippen molar-refractivity contribution in [1.29, 1.82) is 0 Å². The molecule has 0 radical (unpaired) electrons. The number of likely N-dealkylation sites (tertiary alicyclic amines) is 1. The monoisotopic (exact) mass is 346 g/mol. The van der Waals surface area contributed by atoms with E-state index >= 15 is 0 Å². The van der Waals surface area contributed by atoms with Crippen molar-refractivity contribution in [3.8, 4) is 11.8 Å². The Balaban J connectivity index is 1.67. The molecule has 2 aliphatic rings. The maximum absolute atomic E-state index is 12.1. The molecule has 2 aliphatic heterocycles. The summed E-state index contributed by atoms with van der Waals surface area (Å²) in [6, 6.07) is 8.77. The first-order valence-electron chi connectivity index (χ1n) is 8.35. The van der Waals surface area contributed by atoms with Gasteiger partial charge in [0.2, 0.25) is 0 Å². The van der Waals surface area contributed by atoms with Gasteiger partial charge in [-0.3, -0.25) is 9.69 Å². The fraction of sp³-hybridized carbons (Fsp3) is 0.500. The SMILES string of the molecule is O=C(C#Cc1ccccc1)N[C@H]1CS(=O)(=O)C[C@@H]1N1CCCCC1. The molecular formula is C18H22N2O3S. The molecule has 0 spiro atoms. The van der Waals surface area contributed by atoms with Gasteiger partial charge in [-0.2, -0.15) is 0 Å². The fourth-order valence-corrected chi connectivity index (χ4v) is 5.38. The number of carbonyl (C=O) groups excluding carboxylic acids is 1. The number of hydrogen-bond acceptors (Lipinski definition) is 4. The number of rotatable bonds is 2. The van der Waals surface area contributed by atoms with Gasteiger partial charge in [0.15, 0.2) is 9.84 Å². The van der Waals surface area contributed by atoms with Gasteiger partial charge in [0, 0.05) is 17.5 Å². The van der Waals surface area contributed by atoms with E-state index in [-0.39, 0.29) is 23.6 Å². The lowest BCUT2D eigenvalue weighted by atomic mass is 10.0. The molecule has 128 valence electrons. The van der Waals surface area contributed by atoms with Crippen LogP contribution in [0.2, 0.25) is 0 Å². The Labute approximate surface area is 143 Å². The van der Waals surface area contributed by atoms with Crippen LogP contribution in [-0.4, -0.2) is 55.9 Å². The Morgan fingerprint density at radius 1 is 1.08 bits per heavy atom. The first-order chi connectivity index (χ1) is 11.5. The maximum Gasteiger partial charge on any atom is 0.296 e. The maximum atomic E-state index is 12.1. The Bertz CT molecular complexity index is 743. The van der Waals surface area contributed by atoms with Gasteiger partial charge in [-0.15, -0.1) is 0 Å². The summed E-state index contributed by atoms with van der Waals surface area (Å²) in [7, 11) is -3.11. The van der Waals surface area contributed by atoms with E-state index in [0.717, 1.165) is 31.5 Å². The highest BCUT2D eigenvalue weighted by atomic mass is 32.2. The van der Waals surface area contributed by atoms with Crippen LogP contribution in [0.4, 0.5) is 0 Å². The molecule has 0 saturated carbocycles. The van der Waals surface area contributed by atoms with E-state index in [1.165, 1.54) is 6.42 Å². The highest BCUT2D eigenvalue weighted by molar-refractivity contribution is 7.91. The van der Waals surface area contributed by atoms with E-state index in [1.54, 1.807) is 0 Å². The van der Waals surface area contributed by atoms with Crippen LogP contribution in [-0.2, 0) is 14.6 Å². The second kappa shape index (κ2) is 7.37. The quantitative estimate of drug-likeness (QED) is 0.805. The number of amides is 1. The topological polar surface area (TPSA) is 66.5 Å². The van der Waals surface area contributed by atoms with Crippen LogP contribution in [0.15, 0.2) is 30.3 Å². The lowest BCUT2D eigenvalue weighted by Crippen LogP contribution is -2.52. The van der Waals surface area contributed by atoms with Gasteiger partial charge in [-0.1, -0.05) is 30.5 Å². The minimum Gasteiger partial charge on any atom is -0.340 e. The minimum absolute atomic E-state index is 0.00687. The molecule has 1 aromatic rings. The van der Waals surface area contributed by atoms with Gasteiger partial charge in [0.25, 0.3) is 5.91 Å². The molecular weight excluding hydrogens is 324 g/mol. The van der Waals surface area contributed by atoms with E-state index in [1.807, 2.05) is 30.3 Å². The van der Waals surface area contributed by atoms with E-state index in [2.05, 4.69) is 22.1 Å². The van der Waals surface area contributed by atoms with Crippen LogP contribution in [0.5, 0.6) is 0 Å². The molecule has 2 fully saturated rings. The molecule has 24 heavy (non-hydrogen) atoms. The second-order valence-electron chi connectivity index (χ2n) is 6.44. The van der Waals surface area contributed by atoms with Gasteiger partial charge < -0.3 is 5.32 Å². The molecule has 3 rings (SSSR count). The summed E-state index contributed by atoms with van der Waals surface area (Å²) in [6.45, 7) is 1.81. The summed E-state index contributed by atoms with van der Waals surface area (Å²) in [5, 5.41) is 2.82. The van der Waals surface area contributed by atoms with Crippen molar-refractivity contribution < 1.29 is 13.2 Å². The van der Waals surface area contributed by atoms with Crippen LogP contribution in [0.25, 0.3) is 0 Å². The normalized spacial score (nSPS) is 26.3. The third-order valence-corrected chi connectivity index (χ3v) is 6.31. The van der Waals surface area contributed by atoms with Crippen molar-refractivity contribution in [3.63, 3.8) is 0 Å². The standard InChI is InChI=1S/C18H22N2O3S/c21-18(10-9-15-7-3-1-4-8-15)19-16-13-24(22,23)14-17(16)20-11-5-2-6-12-20/h1,3-4,7-8,16-17H,2,5-6,11-14H2,(H,19,21)/t16-,17-/m0/s1. The van der Waals surface area contributed by atoms with Crippen LogP contribution in [0.3, 0.4) is 0 Å². The molecule has 0 unspecified atom stereocenters. The Morgan fingerprint density at radius 2 is 1.79 bits per heavy atom. The predicted molar refractivity (Wildman–Crippen MR) is 93.1 cm³/mol. The van der Waals surface area contributed by atoms with Crippen LogP contribution in [0, 0.1) is 11.8 Å². The van der Waals surface area contributed by atoms with Crippen LogP contribution >= 0.6 is 0 Å². The van der Waals surface area contributed by atoms with Crippen molar-refractivity contribution >= 4 is 15.7 Å². The zero-order valence-corrected chi connectivity index (χ0v) is 14.4. The Morgan fingerprint density at radius 3 is 2.50 bits per heavy atom. The van der Waals surface area contributed by atoms with Crippen LogP contribution in [0.1, 0.15) is 24.8 Å². The Kier molecular flexibility index (Phi) is 5.22. The van der Waals surface area contributed by atoms with E-state index in [4.69, 9.17) is 0 Å². The lowest BCUT2D eigenvalue weighted by Gasteiger charge is -2.34. The van der Waals surface area contributed by atoms with Gasteiger partial charge in [0.1, 0.15) is 0 Å². The highest BCUT2D eigenvalue weighted by Crippen LogP contribution is 2.22. The molecule has 5 nitrogen and oxygen atoms in total. The molecule has 0 aliphatic carbocycles. The van der Waals surface area contributed by atoms with Gasteiger partial charge in [-0.25, -0.2) is 8.42 Å². The molecule has 0 bridgehead atoms. The number of nitrogens with one attached hydrogen (secondary N) is 1. The highest BCUT2D eigenvalue weighted by Gasteiger charge is 2.41. The van der Waals surface area contributed by atoms with E-state index in [0.29, 0.717) is 0 Å². The van der Waals surface area contributed by atoms with Gasteiger partial charge in [0.05, 0.1) is 17.5 Å². The lowest BCUT2D eigenvalue weighted by molar-refractivity contribution is -0.116. The zero-order valence-electron chi connectivity index (χ0n) is 13.6. The molecule has 2 atom stereocenters. The third-order valence-electron chi connectivity index (χ3n) is 4.59. The average Bonchev–Trinajstić information content (AvgIpc) is 2.89. The van der Waals surface area contributed by atoms with E-state index < -0.39 is 15.7 Å². The van der Waals surface area contributed by atoms with Crippen molar-refractivity contribution in [2.75, 3.05) is 24.6 Å². The number of sulfone groups is 1. The molecule has 0 aromatic heterocycles. The van der Waals surface area contributed by atoms with Gasteiger partial charge in [-0.05, 0) is 38.1 Å². The number of hydrogen-bond donors (Lipinski definition) is 1. The smallest absolute Gasteiger partial charge is 0.296 e. The molecule has 1 amide bonds. The summed E-state index contributed by atoms with van der Waals surface area (Å²) in [4.78, 5) is 14.3. The summed E-state index contributed by atoms with van der Waals surface area (Å²) in [5.41, 5.74) is 0.763. The van der Waals surface area contributed by atoms with Crippen LogP contribution < -0.4 is 5.32 Å². The number of benzene rings is 1. The summed E-state index contributed by atoms with van der Waals surface area (Å²) >= 11 is 0.